The van der Waals surface area contributed by atoms with Gasteiger partial charge in [-0.3, -0.25) is 19.3 Å². The number of hydrogen-bond donors (Lipinski definition) is 0. The van der Waals surface area contributed by atoms with Crippen LogP contribution in [0.15, 0.2) is 48.5 Å². The van der Waals surface area contributed by atoms with Gasteiger partial charge in [0.1, 0.15) is 11.6 Å². The van der Waals surface area contributed by atoms with E-state index in [0.29, 0.717) is 16.2 Å². The summed E-state index contributed by atoms with van der Waals surface area (Å²) in [6.07, 6.45) is 0. The van der Waals surface area contributed by atoms with Crippen LogP contribution in [0.5, 0.6) is 5.75 Å². The highest BCUT2D eigenvalue weighted by atomic mass is 19.1. The number of amides is 4. The van der Waals surface area contributed by atoms with Crippen molar-refractivity contribution in [3.05, 3.63) is 65.5 Å². The minimum atomic E-state index is -1.08. The Kier molecular flexibility index (Phi) is 4.98. The van der Waals surface area contributed by atoms with Crippen molar-refractivity contribution in [2.75, 3.05) is 13.7 Å². The average molecular weight is 370 g/mol. The monoisotopic (exact) mass is 370 g/mol. The number of methoxy groups -OCH3 is 1. The van der Waals surface area contributed by atoms with Crippen molar-refractivity contribution in [3.63, 3.8) is 0 Å². The largest absolute Gasteiger partial charge is 0.496 e. The second-order valence-corrected chi connectivity index (χ2v) is 5.81. The van der Waals surface area contributed by atoms with E-state index in [1.165, 1.54) is 19.2 Å². The lowest BCUT2D eigenvalue weighted by atomic mass is 10.1. The fraction of sp³-hybridized carbons (Fsp3) is 0.158. The molecular weight excluding hydrogens is 355 g/mol. The molecule has 0 atom stereocenters. The van der Waals surface area contributed by atoms with Gasteiger partial charge in [0.2, 0.25) is 0 Å². The SMILES string of the molecule is COc1ccccc1CN1C(=O)C(=O)N(CC(=O)c2ccc(F)cc2)C1=O. The van der Waals surface area contributed by atoms with Crippen LogP contribution in [0.1, 0.15) is 15.9 Å². The zero-order valence-electron chi connectivity index (χ0n) is 14.3. The van der Waals surface area contributed by atoms with Crippen molar-refractivity contribution in [3.8, 4) is 5.75 Å². The number of benzene rings is 2. The molecule has 4 amide bonds. The van der Waals surface area contributed by atoms with Gasteiger partial charge in [-0.1, -0.05) is 18.2 Å². The molecule has 0 saturated carbocycles. The summed E-state index contributed by atoms with van der Waals surface area (Å²) in [5.41, 5.74) is 0.675. The molecule has 27 heavy (non-hydrogen) atoms. The highest BCUT2D eigenvalue weighted by Gasteiger charge is 2.45. The number of ketones is 1. The van der Waals surface area contributed by atoms with Crippen molar-refractivity contribution in [2.24, 2.45) is 0 Å². The van der Waals surface area contributed by atoms with Crippen LogP contribution in [0.4, 0.5) is 9.18 Å². The van der Waals surface area contributed by atoms with E-state index >= 15 is 0 Å². The lowest BCUT2D eigenvalue weighted by Gasteiger charge is -2.16. The van der Waals surface area contributed by atoms with Gasteiger partial charge in [-0.15, -0.1) is 0 Å². The fourth-order valence-corrected chi connectivity index (χ4v) is 2.70. The molecule has 0 aliphatic carbocycles. The van der Waals surface area contributed by atoms with Crippen LogP contribution in [-0.2, 0) is 16.1 Å². The van der Waals surface area contributed by atoms with Gasteiger partial charge in [0, 0.05) is 11.1 Å². The number of halogens is 1. The summed E-state index contributed by atoms with van der Waals surface area (Å²) in [6, 6.07) is 10.6. The first-order chi connectivity index (χ1) is 12.9. The minimum absolute atomic E-state index is 0.132. The first-order valence-corrected chi connectivity index (χ1v) is 8.00. The topological polar surface area (TPSA) is 84.0 Å². The molecule has 8 heteroatoms. The smallest absolute Gasteiger partial charge is 0.334 e. The summed E-state index contributed by atoms with van der Waals surface area (Å²) < 4.78 is 18.1. The number of Topliss-reactive ketones (excluding diaryl/α,β-unsaturated/α-hetero) is 1. The Hall–Kier alpha value is -3.55. The zero-order valence-corrected chi connectivity index (χ0v) is 14.3. The number of hydrogen-bond acceptors (Lipinski definition) is 5. The van der Waals surface area contributed by atoms with Gasteiger partial charge in [0.15, 0.2) is 5.78 Å². The molecule has 138 valence electrons. The van der Waals surface area contributed by atoms with Crippen molar-refractivity contribution < 1.29 is 28.3 Å². The Morgan fingerprint density at radius 1 is 0.963 bits per heavy atom. The van der Waals surface area contributed by atoms with Gasteiger partial charge in [0.05, 0.1) is 20.2 Å². The molecule has 3 rings (SSSR count). The standard InChI is InChI=1S/C19H15FN2O5/c1-27-16-5-3-2-4-13(16)10-21-17(24)18(25)22(19(21)26)11-15(23)12-6-8-14(20)9-7-12/h2-9H,10-11H2,1H3. The van der Waals surface area contributed by atoms with Crippen LogP contribution < -0.4 is 4.74 Å². The molecule has 0 bridgehead atoms. The van der Waals surface area contributed by atoms with Crippen LogP contribution in [-0.4, -0.2) is 47.1 Å². The summed E-state index contributed by atoms with van der Waals surface area (Å²) in [6.45, 7) is -0.758. The first kappa shape index (κ1) is 18.2. The summed E-state index contributed by atoms with van der Waals surface area (Å²) in [4.78, 5) is 50.5. The third kappa shape index (κ3) is 3.55. The van der Waals surface area contributed by atoms with Crippen LogP contribution >= 0.6 is 0 Å². The fourth-order valence-electron chi connectivity index (χ4n) is 2.70. The number of carbonyl (C=O) groups is 4. The maximum Gasteiger partial charge on any atom is 0.334 e. The molecule has 0 unspecified atom stereocenters. The van der Waals surface area contributed by atoms with Gasteiger partial charge in [0.25, 0.3) is 0 Å². The number of nitrogens with zero attached hydrogens (tertiary/aromatic N) is 2. The van der Waals surface area contributed by atoms with Crippen molar-refractivity contribution in [2.45, 2.75) is 6.54 Å². The molecule has 1 aliphatic rings. The summed E-state index contributed by atoms with van der Waals surface area (Å²) in [5.74, 6) is -2.73. The van der Waals surface area contributed by atoms with E-state index < -0.39 is 36.0 Å². The van der Waals surface area contributed by atoms with E-state index in [0.717, 1.165) is 17.0 Å². The first-order valence-electron chi connectivity index (χ1n) is 8.00. The Bertz CT molecular complexity index is 926. The van der Waals surface area contributed by atoms with E-state index in [1.807, 2.05) is 0 Å². The van der Waals surface area contributed by atoms with Gasteiger partial charge in [-0.25, -0.2) is 14.1 Å². The van der Waals surface area contributed by atoms with Crippen molar-refractivity contribution in [1.82, 2.24) is 9.80 Å². The molecule has 2 aromatic carbocycles. The van der Waals surface area contributed by atoms with Gasteiger partial charge in [-0.05, 0) is 30.3 Å². The maximum absolute atomic E-state index is 13.0. The normalized spacial score (nSPS) is 14.1. The number of rotatable bonds is 6. The predicted molar refractivity (Wildman–Crippen MR) is 91.4 cm³/mol. The Balaban J connectivity index is 1.77. The molecule has 0 aromatic heterocycles. The number of imide groups is 2. The van der Waals surface area contributed by atoms with Crippen LogP contribution in [0.2, 0.25) is 0 Å². The second-order valence-electron chi connectivity index (χ2n) is 5.81. The van der Waals surface area contributed by atoms with E-state index in [4.69, 9.17) is 4.74 Å². The Labute approximate surface area is 153 Å². The van der Waals surface area contributed by atoms with E-state index in [2.05, 4.69) is 0 Å². The number of carbonyl (C=O) groups excluding carboxylic acids is 4. The zero-order chi connectivity index (χ0) is 19.6. The quantitative estimate of drug-likeness (QED) is 0.441. The Morgan fingerprint density at radius 2 is 1.59 bits per heavy atom. The van der Waals surface area contributed by atoms with Crippen molar-refractivity contribution >= 4 is 23.6 Å². The molecule has 1 fully saturated rings. The maximum atomic E-state index is 13.0. The molecule has 2 aromatic rings. The van der Waals surface area contributed by atoms with E-state index in [1.54, 1.807) is 24.3 Å². The summed E-state index contributed by atoms with van der Waals surface area (Å²) >= 11 is 0. The van der Waals surface area contributed by atoms with Crippen LogP contribution in [0.25, 0.3) is 0 Å². The van der Waals surface area contributed by atoms with E-state index in [9.17, 15) is 23.6 Å². The van der Waals surface area contributed by atoms with Gasteiger partial charge in [-0.2, -0.15) is 0 Å². The predicted octanol–water partition coefficient (Wildman–Crippen LogP) is 2.01. The van der Waals surface area contributed by atoms with Crippen LogP contribution in [0, 0.1) is 5.82 Å². The number of para-hydroxylation sites is 1. The highest BCUT2D eigenvalue weighted by molar-refractivity contribution is 6.45. The molecule has 0 radical (unpaired) electrons. The van der Waals surface area contributed by atoms with Gasteiger partial charge >= 0.3 is 17.8 Å². The third-order valence-corrected chi connectivity index (χ3v) is 4.12. The average Bonchev–Trinajstić information content (AvgIpc) is 2.87. The number of ether oxygens (including phenoxy) is 1. The molecule has 0 spiro atoms. The second kappa shape index (κ2) is 7.36. The molecule has 1 saturated heterocycles. The molecule has 1 aliphatic heterocycles. The Morgan fingerprint density at radius 3 is 2.26 bits per heavy atom. The molecule has 7 nitrogen and oxygen atoms in total. The lowest BCUT2D eigenvalue weighted by Crippen LogP contribution is -2.36. The van der Waals surface area contributed by atoms with E-state index in [-0.39, 0.29) is 12.1 Å². The lowest BCUT2D eigenvalue weighted by molar-refractivity contribution is -0.143. The minimum Gasteiger partial charge on any atom is -0.496 e. The summed E-state index contributed by atoms with van der Waals surface area (Å²) in [5, 5.41) is 0. The molecular formula is C19H15FN2O5. The molecule has 1 heterocycles. The number of urea groups is 1. The highest BCUT2D eigenvalue weighted by Crippen LogP contribution is 2.23. The van der Waals surface area contributed by atoms with Crippen molar-refractivity contribution in [1.29, 1.82) is 0 Å². The van der Waals surface area contributed by atoms with Crippen LogP contribution in [0.3, 0.4) is 0 Å². The van der Waals surface area contributed by atoms with Gasteiger partial charge < -0.3 is 4.74 Å². The summed E-state index contributed by atoms with van der Waals surface area (Å²) in [7, 11) is 1.45. The molecule has 0 N–H and O–H groups in total. The third-order valence-electron chi connectivity index (χ3n) is 4.12.